The van der Waals surface area contributed by atoms with E-state index >= 15 is 0 Å². The lowest BCUT2D eigenvalue weighted by molar-refractivity contribution is -0.117. The number of amides is 1. The van der Waals surface area contributed by atoms with Crippen molar-refractivity contribution in [3.05, 3.63) is 35.9 Å². The fraction of sp³-hybridized carbons (Fsp3) is 0.312. The van der Waals surface area contributed by atoms with Gasteiger partial charge in [-0.3, -0.25) is 19.6 Å². The van der Waals surface area contributed by atoms with E-state index in [1.165, 1.54) is 24.2 Å². The molecule has 6 heteroatoms. The summed E-state index contributed by atoms with van der Waals surface area (Å²) in [5.41, 5.74) is 3.11. The van der Waals surface area contributed by atoms with Crippen molar-refractivity contribution in [2.75, 3.05) is 11.4 Å². The highest BCUT2D eigenvalue weighted by Gasteiger charge is 2.33. The molecule has 1 aromatic carbocycles. The van der Waals surface area contributed by atoms with Gasteiger partial charge in [-0.25, -0.2) is 0 Å². The van der Waals surface area contributed by atoms with E-state index in [1.807, 2.05) is 37.3 Å². The fourth-order valence-electron chi connectivity index (χ4n) is 2.54. The van der Waals surface area contributed by atoms with E-state index in [0.717, 1.165) is 11.3 Å². The zero-order valence-electron chi connectivity index (χ0n) is 12.5. The van der Waals surface area contributed by atoms with Gasteiger partial charge in [0.05, 0.1) is 5.69 Å². The highest BCUT2D eigenvalue weighted by atomic mass is 32.2. The third kappa shape index (κ3) is 3.06. The molecule has 1 unspecified atom stereocenters. The van der Waals surface area contributed by atoms with Crippen LogP contribution in [0.15, 0.2) is 30.3 Å². The lowest BCUT2D eigenvalue weighted by Gasteiger charge is -2.12. The maximum absolute atomic E-state index is 12.1. The number of anilines is 1. The van der Waals surface area contributed by atoms with Crippen LogP contribution < -0.4 is 4.90 Å². The van der Waals surface area contributed by atoms with Gasteiger partial charge in [0.15, 0.2) is 10.9 Å². The van der Waals surface area contributed by atoms with Crippen LogP contribution in [0.4, 0.5) is 5.82 Å². The molecule has 3 rings (SSSR count). The second-order valence-electron chi connectivity index (χ2n) is 5.45. The molecule has 2 heterocycles. The van der Waals surface area contributed by atoms with Crippen molar-refractivity contribution < 1.29 is 9.59 Å². The van der Waals surface area contributed by atoms with Crippen LogP contribution in [-0.4, -0.2) is 33.0 Å². The summed E-state index contributed by atoms with van der Waals surface area (Å²) in [5, 5.41) is 7.29. The van der Waals surface area contributed by atoms with Crippen molar-refractivity contribution in [2.45, 2.75) is 25.5 Å². The molecule has 1 fully saturated rings. The van der Waals surface area contributed by atoms with E-state index in [9.17, 15) is 9.59 Å². The molecule has 5 nitrogen and oxygen atoms in total. The monoisotopic (exact) mass is 315 g/mol. The Hall–Kier alpha value is -2.08. The van der Waals surface area contributed by atoms with E-state index < -0.39 is 0 Å². The first kappa shape index (κ1) is 14.8. The van der Waals surface area contributed by atoms with Crippen molar-refractivity contribution in [1.29, 1.82) is 0 Å². The van der Waals surface area contributed by atoms with Crippen LogP contribution in [0.5, 0.6) is 0 Å². The van der Waals surface area contributed by atoms with Crippen molar-refractivity contribution in [2.24, 2.45) is 0 Å². The number of thioether (sulfide) groups is 1. The standard InChI is InChI=1S/C16H17N3O2S/c1-10-3-5-12(6-4-10)14-8-15(18-17-14)19-9-13(7-16(19)21)22-11(2)20/h3-6,8,13H,7,9H2,1-2H3,(H,17,18). The highest BCUT2D eigenvalue weighted by Crippen LogP contribution is 2.29. The van der Waals surface area contributed by atoms with Crippen molar-refractivity contribution in [1.82, 2.24) is 10.2 Å². The molecule has 2 aromatic rings. The van der Waals surface area contributed by atoms with E-state index in [1.54, 1.807) is 4.90 Å². The molecule has 1 N–H and O–H groups in total. The minimum absolute atomic E-state index is 0.0145. The molecule has 0 spiro atoms. The van der Waals surface area contributed by atoms with Gasteiger partial charge in [0.2, 0.25) is 5.91 Å². The number of rotatable bonds is 3. The van der Waals surface area contributed by atoms with Crippen LogP contribution in [-0.2, 0) is 9.59 Å². The smallest absolute Gasteiger partial charge is 0.229 e. The molecule has 114 valence electrons. The molecule has 0 aliphatic carbocycles. The molecule has 1 aliphatic heterocycles. The molecular weight excluding hydrogens is 298 g/mol. The first-order chi connectivity index (χ1) is 10.5. The molecule has 0 radical (unpaired) electrons. The number of aromatic nitrogens is 2. The van der Waals surface area contributed by atoms with Crippen LogP contribution in [0.2, 0.25) is 0 Å². The van der Waals surface area contributed by atoms with Gasteiger partial charge in [-0.1, -0.05) is 41.6 Å². The third-order valence-electron chi connectivity index (χ3n) is 3.63. The van der Waals surface area contributed by atoms with Gasteiger partial charge >= 0.3 is 0 Å². The van der Waals surface area contributed by atoms with Crippen LogP contribution in [0, 0.1) is 6.92 Å². The van der Waals surface area contributed by atoms with Gasteiger partial charge in [0.25, 0.3) is 0 Å². The zero-order valence-corrected chi connectivity index (χ0v) is 13.3. The number of nitrogens with zero attached hydrogens (tertiary/aromatic N) is 2. The average Bonchev–Trinajstić information content (AvgIpc) is 3.06. The van der Waals surface area contributed by atoms with Crippen LogP contribution in [0.25, 0.3) is 11.3 Å². The molecule has 1 aromatic heterocycles. The predicted octanol–water partition coefficient (Wildman–Crippen LogP) is 2.77. The molecule has 0 saturated carbocycles. The van der Waals surface area contributed by atoms with Crippen LogP contribution >= 0.6 is 11.8 Å². The lowest BCUT2D eigenvalue weighted by atomic mass is 10.1. The van der Waals surface area contributed by atoms with Gasteiger partial charge < -0.3 is 0 Å². The fourth-order valence-corrected chi connectivity index (χ4v) is 3.46. The molecular formula is C16H17N3O2S. The summed E-state index contributed by atoms with van der Waals surface area (Å²) in [6.45, 7) is 4.10. The summed E-state index contributed by atoms with van der Waals surface area (Å²) in [4.78, 5) is 24.9. The number of hydrogen-bond donors (Lipinski definition) is 1. The summed E-state index contributed by atoms with van der Waals surface area (Å²) >= 11 is 1.23. The minimum Gasteiger partial charge on any atom is -0.294 e. The molecule has 1 saturated heterocycles. The summed E-state index contributed by atoms with van der Waals surface area (Å²) in [6, 6.07) is 10.00. The Bertz CT molecular complexity index is 708. The van der Waals surface area contributed by atoms with E-state index in [4.69, 9.17) is 0 Å². The molecule has 1 atom stereocenters. The largest absolute Gasteiger partial charge is 0.294 e. The van der Waals surface area contributed by atoms with Crippen molar-refractivity contribution >= 4 is 28.6 Å². The Morgan fingerprint density at radius 2 is 2.09 bits per heavy atom. The Labute approximate surface area is 133 Å². The van der Waals surface area contributed by atoms with E-state index in [-0.39, 0.29) is 16.3 Å². The third-order valence-corrected chi connectivity index (χ3v) is 4.61. The Morgan fingerprint density at radius 3 is 2.77 bits per heavy atom. The summed E-state index contributed by atoms with van der Waals surface area (Å²) in [5.74, 6) is 0.632. The van der Waals surface area contributed by atoms with Gasteiger partial charge in [-0.05, 0) is 12.5 Å². The van der Waals surface area contributed by atoms with Crippen molar-refractivity contribution in [3.63, 3.8) is 0 Å². The Kier molecular flexibility index (Phi) is 4.02. The van der Waals surface area contributed by atoms with Gasteiger partial charge in [-0.2, -0.15) is 5.10 Å². The number of carbonyl (C=O) groups is 2. The van der Waals surface area contributed by atoms with Crippen molar-refractivity contribution in [3.8, 4) is 11.3 Å². The van der Waals surface area contributed by atoms with Crippen LogP contribution in [0.3, 0.4) is 0 Å². The number of hydrogen-bond acceptors (Lipinski definition) is 4. The van der Waals surface area contributed by atoms with Gasteiger partial charge in [0, 0.05) is 31.2 Å². The first-order valence-electron chi connectivity index (χ1n) is 7.13. The van der Waals surface area contributed by atoms with Gasteiger partial charge in [-0.15, -0.1) is 0 Å². The molecule has 0 bridgehead atoms. The van der Waals surface area contributed by atoms with E-state index in [2.05, 4.69) is 10.2 Å². The number of aromatic amines is 1. The lowest BCUT2D eigenvalue weighted by Crippen LogP contribution is -2.25. The van der Waals surface area contributed by atoms with Gasteiger partial charge in [0.1, 0.15) is 0 Å². The number of nitrogens with one attached hydrogen (secondary N) is 1. The first-order valence-corrected chi connectivity index (χ1v) is 8.01. The second kappa shape index (κ2) is 5.96. The maximum atomic E-state index is 12.1. The van der Waals surface area contributed by atoms with E-state index in [0.29, 0.717) is 18.8 Å². The maximum Gasteiger partial charge on any atom is 0.229 e. The topological polar surface area (TPSA) is 66.1 Å². The molecule has 1 amide bonds. The predicted molar refractivity (Wildman–Crippen MR) is 87.8 cm³/mol. The molecule has 22 heavy (non-hydrogen) atoms. The number of carbonyl (C=O) groups excluding carboxylic acids is 2. The minimum atomic E-state index is 0.0145. The summed E-state index contributed by atoms with van der Waals surface area (Å²) in [7, 11) is 0. The average molecular weight is 315 g/mol. The quantitative estimate of drug-likeness (QED) is 0.946. The Balaban J connectivity index is 1.77. The molecule has 1 aliphatic rings. The Morgan fingerprint density at radius 1 is 1.36 bits per heavy atom. The van der Waals surface area contributed by atoms with Crippen LogP contribution in [0.1, 0.15) is 18.9 Å². The summed E-state index contributed by atoms with van der Waals surface area (Å²) < 4.78 is 0. The number of aryl methyl sites for hydroxylation is 1. The highest BCUT2D eigenvalue weighted by molar-refractivity contribution is 8.14. The number of benzene rings is 1. The SMILES string of the molecule is CC(=O)SC1CC(=O)N(c2cc(-c3ccc(C)cc3)[nH]n2)C1. The zero-order chi connectivity index (χ0) is 15.7. The number of H-pyrrole nitrogens is 1. The second-order valence-corrected chi connectivity index (χ2v) is 6.92. The normalized spacial score (nSPS) is 18.0. The summed E-state index contributed by atoms with van der Waals surface area (Å²) in [6.07, 6.45) is 0.386.